The molecule has 14 heavy (non-hydrogen) atoms. The summed E-state index contributed by atoms with van der Waals surface area (Å²) < 4.78 is 0. The Hall–Kier alpha value is -0.180. The van der Waals surface area contributed by atoms with E-state index in [0.717, 1.165) is 38.0 Å². The van der Waals surface area contributed by atoms with Crippen LogP contribution in [0.25, 0.3) is 0 Å². The third-order valence-corrected chi connectivity index (χ3v) is 2.48. The normalized spacial score (nSPS) is 10.1. The SMILES string of the molecule is CCCCNC(=O)CCCCCCS. The number of unbranched alkanes of at least 4 members (excludes halogenated alkanes) is 4. The smallest absolute Gasteiger partial charge is 0.219 e. The molecule has 0 bridgehead atoms. The summed E-state index contributed by atoms with van der Waals surface area (Å²) >= 11 is 4.14. The van der Waals surface area contributed by atoms with Gasteiger partial charge in [-0.2, -0.15) is 12.6 Å². The number of nitrogens with one attached hydrogen (secondary N) is 1. The van der Waals surface area contributed by atoms with Crippen LogP contribution in [0.5, 0.6) is 0 Å². The van der Waals surface area contributed by atoms with Crippen molar-refractivity contribution < 1.29 is 4.79 Å². The van der Waals surface area contributed by atoms with E-state index in [1.165, 1.54) is 12.8 Å². The molecule has 0 unspecified atom stereocenters. The molecule has 0 aromatic rings. The molecule has 0 spiro atoms. The van der Waals surface area contributed by atoms with Crippen LogP contribution in [0.1, 0.15) is 51.9 Å². The number of amides is 1. The Bertz CT molecular complexity index is 139. The zero-order chi connectivity index (χ0) is 10.6. The van der Waals surface area contributed by atoms with Gasteiger partial charge in [0.15, 0.2) is 0 Å². The average molecular weight is 217 g/mol. The van der Waals surface area contributed by atoms with Crippen LogP contribution in [-0.4, -0.2) is 18.2 Å². The highest BCUT2D eigenvalue weighted by atomic mass is 32.1. The predicted octanol–water partition coefficient (Wildman–Crippen LogP) is 2.78. The van der Waals surface area contributed by atoms with Crippen LogP contribution in [0.4, 0.5) is 0 Å². The number of hydrogen-bond acceptors (Lipinski definition) is 2. The first kappa shape index (κ1) is 13.8. The lowest BCUT2D eigenvalue weighted by atomic mass is 10.1. The monoisotopic (exact) mass is 217 g/mol. The van der Waals surface area contributed by atoms with Gasteiger partial charge >= 0.3 is 0 Å². The van der Waals surface area contributed by atoms with Gasteiger partial charge in [-0.15, -0.1) is 0 Å². The molecule has 2 nitrogen and oxygen atoms in total. The van der Waals surface area contributed by atoms with Gasteiger partial charge in [-0.3, -0.25) is 4.79 Å². The van der Waals surface area contributed by atoms with Crippen molar-refractivity contribution in [1.82, 2.24) is 5.32 Å². The second-order valence-electron chi connectivity index (χ2n) is 3.59. The molecule has 1 N–H and O–H groups in total. The van der Waals surface area contributed by atoms with Crippen molar-refractivity contribution >= 4 is 18.5 Å². The van der Waals surface area contributed by atoms with Crippen molar-refractivity contribution in [2.45, 2.75) is 51.9 Å². The van der Waals surface area contributed by atoms with E-state index >= 15 is 0 Å². The molecule has 0 rings (SSSR count). The zero-order valence-corrected chi connectivity index (χ0v) is 10.1. The van der Waals surface area contributed by atoms with Crippen LogP contribution < -0.4 is 5.32 Å². The summed E-state index contributed by atoms with van der Waals surface area (Å²) in [6.07, 6.45) is 7.46. The fraction of sp³-hybridized carbons (Fsp3) is 0.909. The number of hydrogen-bond donors (Lipinski definition) is 2. The van der Waals surface area contributed by atoms with E-state index < -0.39 is 0 Å². The molecule has 0 saturated heterocycles. The lowest BCUT2D eigenvalue weighted by Crippen LogP contribution is -2.23. The van der Waals surface area contributed by atoms with Crippen molar-refractivity contribution in [3.63, 3.8) is 0 Å². The van der Waals surface area contributed by atoms with E-state index in [2.05, 4.69) is 24.9 Å². The first-order chi connectivity index (χ1) is 6.81. The third-order valence-electron chi connectivity index (χ3n) is 2.16. The largest absolute Gasteiger partial charge is 0.356 e. The molecule has 0 aromatic heterocycles. The van der Waals surface area contributed by atoms with Crippen LogP contribution >= 0.6 is 12.6 Å². The summed E-state index contributed by atoms with van der Waals surface area (Å²) in [5, 5.41) is 2.92. The maximum atomic E-state index is 11.2. The molecule has 0 aliphatic heterocycles. The van der Waals surface area contributed by atoms with Gasteiger partial charge in [0.1, 0.15) is 0 Å². The number of thiol groups is 1. The molecule has 1 amide bonds. The van der Waals surface area contributed by atoms with Gasteiger partial charge in [-0.05, 0) is 25.0 Å². The number of carbonyl (C=O) groups is 1. The predicted molar refractivity (Wildman–Crippen MR) is 64.9 cm³/mol. The van der Waals surface area contributed by atoms with E-state index in [1.807, 2.05) is 0 Å². The zero-order valence-electron chi connectivity index (χ0n) is 9.22. The maximum Gasteiger partial charge on any atom is 0.219 e. The van der Waals surface area contributed by atoms with Gasteiger partial charge < -0.3 is 5.32 Å². The lowest BCUT2D eigenvalue weighted by molar-refractivity contribution is -0.121. The van der Waals surface area contributed by atoms with Crippen LogP contribution in [0.15, 0.2) is 0 Å². The molecule has 0 aliphatic rings. The van der Waals surface area contributed by atoms with Gasteiger partial charge in [0.25, 0.3) is 0 Å². The van der Waals surface area contributed by atoms with E-state index in [9.17, 15) is 4.79 Å². The topological polar surface area (TPSA) is 29.1 Å². The second-order valence-corrected chi connectivity index (χ2v) is 4.04. The van der Waals surface area contributed by atoms with Crippen molar-refractivity contribution in [1.29, 1.82) is 0 Å². The quantitative estimate of drug-likeness (QED) is 0.451. The molecule has 0 aliphatic carbocycles. The highest BCUT2D eigenvalue weighted by Gasteiger charge is 1.99. The lowest BCUT2D eigenvalue weighted by Gasteiger charge is -2.03. The fourth-order valence-electron chi connectivity index (χ4n) is 1.24. The highest BCUT2D eigenvalue weighted by Crippen LogP contribution is 2.03. The fourth-order valence-corrected chi connectivity index (χ4v) is 1.47. The first-order valence-corrected chi connectivity index (χ1v) is 6.32. The minimum Gasteiger partial charge on any atom is -0.356 e. The van der Waals surface area contributed by atoms with Crippen LogP contribution in [0, 0.1) is 0 Å². The summed E-state index contributed by atoms with van der Waals surface area (Å²) in [5.74, 6) is 1.17. The summed E-state index contributed by atoms with van der Waals surface area (Å²) in [4.78, 5) is 11.2. The second kappa shape index (κ2) is 10.9. The minimum absolute atomic E-state index is 0.212. The van der Waals surface area contributed by atoms with Crippen molar-refractivity contribution in [2.24, 2.45) is 0 Å². The van der Waals surface area contributed by atoms with E-state index in [4.69, 9.17) is 0 Å². The standard InChI is InChI=1S/C11H23NOS/c1-2-3-9-12-11(13)8-6-4-5-7-10-14/h14H,2-10H2,1H3,(H,12,13). The molecular weight excluding hydrogens is 194 g/mol. The van der Waals surface area contributed by atoms with Crippen molar-refractivity contribution in [3.05, 3.63) is 0 Å². The molecule has 3 heteroatoms. The van der Waals surface area contributed by atoms with Crippen molar-refractivity contribution in [3.8, 4) is 0 Å². The Kier molecular flexibility index (Phi) is 10.8. The summed E-state index contributed by atoms with van der Waals surface area (Å²) in [6, 6.07) is 0. The molecule has 0 heterocycles. The average Bonchev–Trinajstić information content (AvgIpc) is 2.18. The maximum absolute atomic E-state index is 11.2. The van der Waals surface area contributed by atoms with E-state index in [-0.39, 0.29) is 5.91 Å². The highest BCUT2D eigenvalue weighted by molar-refractivity contribution is 7.80. The summed E-state index contributed by atoms with van der Waals surface area (Å²) in [7, 11) is 0. The van der Waals surface area contributed by atoms with Crippen molar-refractivity contribution in [2.75, 3.05) is 12.3 Å². The van der Waals surface area contributed by atoms with Crippen LogP contribution in [-0.2, 0) is 4.79 Å². The molecule has 0 fully saturated rings. The Labute approximate surface area is 93.3 Å². The number of rotatable bonds is 9. The van der Waals surface area contributed by atoms with Gasteiger partial charge in [0, 0.05) is 13.0 Å². The molecular formula is C11H23NOS. The Morgan fingerprint density at radius 2 is 1.86 bits per heavy atom. The Balaban J connectivity index is 3.10. The molecule has 84 valence electrons. The minimum atomic E-state index is 0.212. The summed E-state index contributed by atoms with van der Waals surface area (Å²) in [6.45, 7) is 2.97. The van der Waals surface area contributed by atoms with Crippen LogP contribution in [0.3, 0.4) is 0 Å². The number of carbonyl (C=O) groups excluding carboxylic acids is 1. The van der Waals surface area contributed by atoms with Gasteiger partial charge in [0.2, 0.25) is 5.91 Å². The summed E-state index contributed by atoms with van der Waals surface area (Å²) in [5.41, 5.74) is 0. The van der Waals surface area contributed by atoms with Gasteiger partial charge in [0.05, 0.1) is 0 Å². The first-order valence-electron chi connectivity index (χ1n) is 5.68. The molecule has 0 radical (unpaired) electrons. The molecule has 0 atom stereocenters. The van der Waals surface area contributed by atoms with E-state index in [1.54, 1.807) is 0 Å². The Morgan fingerprint density at radius 3 is 2.50 bits per heavy atom. The van der Waals surface area contributed by atoms with Gasteiger partial charge in [-0.1, -0.05) is 26.2 Å². The van der Waals surface area contributed by atoms with Gasteiger partial charge in [-0.25, -0.2) is 0 Å². The third kappa shape index (κ3) is 9.90. The Morgan fingerprint density at radius 1 is 1.14 bits per heavy atom. The van der Waals surface area contributed by atoms with E-state index in [0.29, 0.717) is 6.42 Å². The molecule has 0 aromatic carbocycles. The molecule has 0 saturated carbocycles. The van der Waals surface area contributed by atoms with Crippen LogP contribution in [0.2, 0.25) is 0 Å².